The maximum atomic E-state index is 6.02. The first-order chi connectivity index (χ1) is 12.1. The van der Waals surface area contributed by atoms with Crippen LogP contribution in [0.4, 0.5) is 0 Å². The van der Waals surface area contributed by atoms with Crippen molar-refractivity contribution in [3.05, 3.63) is 60.2 Å². The van der Waals surface area contributed by atoms with Crippen LogP contribution in [0.25, 0.3) is 0 Å². The van der Waals surface area contributed by atoms with E-state index < -0.39 is 0 Å². The Labute approximate surface area is 151 Å². The molecule has 0 fully saturated rings. The monoisotopic (exact) mass is 342 g/mol. The standard InChI is InChI=1S/C22H30O3/c1-5-18(4)19-11-13-21(14-12-19)25-22(17(2)3)24-16-15-23-20-9-7-6-8-10-20/h6-14,17-18,22H,5,15-16H2,1-4H3. The van der Waals surface area contributed by atoms with Gasteiger partial charge in [0.1, 0.15) is 18.1 Å². The van der Waals surface area contributed by atoms with Gasteiger partial charge in [-0.3, -0.25) is 0 Å². The van der Waals surface area contributed by atoms with Crippen molar-refractivity contribution in [2.75, 3.05) is 13.2 Å². The highest BCUT2D eigenvalue weighted by atomic mass is 16.7. The lowest BCUT2D eigenvalue weighted by atomic mass is 9.99. The van der Waals surface area contributed by atoms with Gasteiger partial charge in [0.25, 0.3) is 0 Å². The predicted molar refractivity (Wildman–Crippen MR) is 102 cm³/mol. The number of benzene rings is 2. The molecule has 3 nitrogen and oxygen atoms in total. The molecule has 0 aromatic heterocycles. The summed E-state index contributed by atoms with van der Waals surface area (Å²) in [6.07, 6.45) is 0.855. The number of hydrogen-bond donors (Lipinski definition) is 0. The van der Waals surface area contributed by atoms with Crippen LogP contribution in [0, 0.1) is 5.92 Å². The molecule has 0 radical (unpaired) electrons. The van der Waals surface area contributed by atoms with Crippen LogP contribution in [0.3, 0.4) is 0 Å². The summed E-state index contributed by atoms with van der Waals surface area (Å²) in [6.45, 7) is 9.62. The molecular formula is C22H30O3. The van der Waals surface area contributed by atoms with Crippen LogP contribution in [0.15, 0.2) is 54.6 Å². The Hall–Kier alpha value is -2.00. The Morgan fingerprint density at radius 2 is 1.48 bits per heavy atom. The Bertz CT molecular complexity index is 592. The first-order valence-electron chi connectivity index (χ1n) is 9.16. The topological polar surface area (TPSA) is 27.7 Å². The van der Waals surface area contributed by atoms with E-state index in [1.807, 2.05) is 42.5 Å². The van der Waals surface area contributed by atoms with Crippen molar-refractivity contribution >= 4 is 0 Å². The van der Waals surface area contributed by atoms with E-state index in [1.54, 1.807) is 0 Å². The average molecular weight is 342 g/mol. The second-order valence-corrected chi connectivity index (χ2v) is 6.64. The fourth-order valence-electron chi connectivity index (χ4n) is 2.45. The summed E-state index contributed by atoms with van der Waals surface area (Å²) in [5.74, 6) is 2.52. The largest absolute Gasteiger partial charge is 0.491 e. The fourth-order valence-corrected chi connectivity index (χ4v) is 2.45. The highest BCUT2D eigenvalue weighted by molar-refractivity contribution is 5.29. The molecule has 25 heavy (non-hydrogen) atoms. The van der Waals surface area contributed by atoms with Crippen LogP contribution in [-0.4, -0.2) is 19.5 Å². The maximum Gasteiger partial charge on any atom is 0.202 e. The first-order valence-corrected chi connectivity index (χ1v) is 9.16. The van der Waals surface area contributed by atoms with Gasteiger partial charge in [0, 0.05) is 5.92 Å². The van der Waals surface area contributed by atoms with Gasteiger partial charge in [-0.2, -0.15) is 0 Å². The number of ether oxygens (including phenoxy) is 3. The zero-order valence-corrected chi connectivity index (χ0v) is 15.8. The molecule has 2 atom stereocenters. The molecule has 2 aromatic rings. The lowest BCUT2D eigenvalue weighted by molar-refractivity contribution is -0.113. The second kappa shape index (κ2) is 10.1. The van der Waals surface area contributed by atoms with Crippen LogP contribution < -0.4 is 9.47 Å². The predicted octanol–water partition coefficient (Wildman–Crippen LogP) is 5.66. The van der Waals surface area contributed by atoms with Crippen molar-refractivity contribution in [2.45, 2.75) is 46.3 Å². The number of hydrogen-bond acceptors (Lipinski definition) is 3. The highest BCUT2D eigenvalue weighted by Gasteiger charge is 2.16. The zero-order chi connectivity index (χ0) is 18.1. The molecular weight excluding hydrogens is 312 g/mol. The summed E-state index contributed by atoms with van der Waals surface area (Å²) >= 11 is 0. The zero-order valence-electron chi connectivity index (χ0n) is 15.8. The molecule has 2 rings (SSSR count). The molecule has 0 bridgehead atoms. The third-order valence-electron chi connectivity index (χ3n) is 4.24. The van der Waals surface area contributed by atoms with E-state index in [9.17, 15) is 0 Å². The van der Waals surface area contributed by atoms with Gasteiger partial charge in [0.05, 0.1) is 6.61 Å². The fraction of sp³-hybridized carbons (Fsp3) is 0.455. The molecule has 136 valence electrons. The SMILES string of the molecule is CCC(C)c1ccc(OC(OCCOc2ccccc2)C(C)C)cc1. The minimum atomic E-state index is -0.283. The van der Waals surface area contributed by atoms with Gasteiger partial charge in [-0.1, -0.05) is 58.0 Å². The van der Waals surface area contributed by atoms with E-state index in [-0.39, 0.29) is 12.2 Å². The lowest BCUT2D eigenvalue weighted by Gasteiger charge is -2.23. The van der Waals surface area contributed by atoms with E-state index >= 15 is 0 Å². The van der Waals surface area contributed by atoms with E-state index in [4.69, 9.17) is 14.2 Å². The van der Waals surface area contributed by atoms with Crippen molar-refractivity contribution in [1.29, 1.82) is 0 Å². The molecule has 0 aliphatic carbocycles. The average Bonchev–Trinajstić information content (AvgIpc) is 2.64. The van der Waals surface area contributed by atoms with Gasteiger partial charge in [0.2, 0.25) is 6.29 Å². The van der Waals surface area contributed by atoms with Gasteiger partial charge >= 0.3 is 0 Å². The summed E-state index contributed by atoms with van der Waals surface area (Å²) in [4.78, 5) is 0. The summed E-state index contributed by atoms with van der Waals surface area (Å²) < 4.78 is 17.6. The van der Waals surface area contributed by atoms with E-state index in [0.717, 1.165) is 17.9 Å². The second-order valence-electron chi connectivity index (χ2n) is 6.64. The smallest absolute Gasteiger partial charge is 0.202 e. The van der Waals surface area contributed by atoms with Crippen molar-refractivity contribution in [3.8, 4) is 11.5 Å². The Morgan fingerprint density at radius 3 is 2.08 bits per heavy atom. The molecule has 2 unspecified atom stereocenters. The van der Waals surface area contributed by atoms with Crippen molar-refractivity contribution < 1.29 is 14.2 Å². The quantitative estimate of drug-likeness (QED) is 0.412. The Kier molecular flexibility index (Phi) is 7.80. The highest BCUT2D eigenvalue weighted by Crippen LogP contribution is 2.23. The third kappa shape index (κ3) is 6.43. The first kappa shape index (κ1) is 19.3. The van der Waals surface area contributed by atoms with Crippen LogP contribution >= 0.6 is 0 Å². The van der Waals surface area contributed by atoms with Crippen LogP contribution in [-0.2, 0) is 4.74 Å². The number of para-hydroxylation sites is 1. The van der Waals surface area contributed by atoms with Gasteiger partial charge in [-0.25, -0.2) is 0 Å². The van der Waals surface area contributed by atoms with Gasteiger partial charge in [0.15, 0.2) is 0 Å². The minimum Gasteiger partial charge on any atom is -0.491 e. The van der Waals surface area contributed by atoms with Gasteiger partial charge < -0.3 is 14.2 Å². The summed E-state index contributed by atoms with van der Waals surface area (Å²) in [5, 5.41) is 0. The molecule has 0 spiro atoms. The molecule has 0 amide bonds. The molecule has 0 saturated carbocycles. The maximum absolute atomic E-state index is 6.02. The van der Waals surface area contributed by atoms with Gasteiger partial charge in [-0.05, 0) is 42.2 Å². The minimum absolute atomic E-state index is 0.256. The lowest BCUT2D eigenvalue weighted by Crippen LogP contribution is -2.28. The molecule has 0 N–H and O–H groups in total. The molecule has 2 aromatic carbocycles. The Morgan fingerprint density at radius 1 is 0.800 bits per heavy atom. The summed E-state index contributed by atoms with van der Waals surface area (Å²) in [7, 11) is 0. The van der Waals surface area contributed by atoms with Gasteiger partial charge in [-0.15, -0.1) is 0 Å². The van der Waals surface area contributed by atoms with Crippen LogP contribution in [0.5, 0.6) is 11.5 Å². The summed E-state index contributed by atoms with van der Waals surface area (Å²) in [6, 6.07) is 18.1. The van der Waals surface area contributed by atoms with E-state index in [0.29, 0.717) is 19.1 Å². The third-order valence-corrected chi connectivity index (χ3v) is 4.24. The van der Waals surface area contributed by atoms with Crippen molar-refractivity contribution in [3.63, 3.8) is 0 Å². The van der Waals surface area contributed by atoms with E-state index in [1.165, 1.54) is 5.56 Å². The summed E-state index contributed by atoms with van der Waals surface area (Å²) in [5.41, 5.74) is 1.34. The number of rotatable bonds is 10. The molecule has 0 aliphatic heterocycles. The molecule has 0 heterocycles. The van der Waals surface area contributed by atoms with Crippen molar-refractivity contribution in [2.24, 2.45) is 5.92 Å². The van der Waals surface area contributed by atoms with Crippen LogP contribution in [0.2, 0.25) is 0 Å². The van der Waals surface area contributed by atoms with Crippen LogP contribution in [0.1, 0.15) is 45.6 Å². The Balaban J connectivity index is 1.81. The van der Waals surface area contributed by atoms with E-state index in [2.05, 4.69) is 39.8 Å². The molecule has 0 aliphatic rings. The molecule has 3 heteroatoms. The normalized spacial score (nSPS) is 13.5. The molecule has 0 saturated heterocycles. The van der Waals surface area contributed by atoms with Crippen molar-refractivity contribution in [1.82, 2.24) is 0 Å².